The first-order valence-electron chi connectivity index (χ1n) is 11.6. The molecule has 2 heterocycles. The molecule has 3 aromatic rings. The summed E-state index contributed by atoms with van der Waals surface area (Å²) >= 11 is 0. The van der Waals surface area contributed by atoms with Crippen LogP contribution in [-0.4, -0.2) is 41.0 Å². The van der Waals surface area contributed by atoms with E-state index in [2.05, 4.69) is 5.32 Å². The topological polar surface area (TPSA) is 55.8 Å². The third kappa shape index (κ3) is 4.34. The minimum absolute atomic E-state index is 0.0656. The standard InChI is InChI=1S/C27H26F3N3O2/c28-27(29,30)24-22-13-7-10-20-18-32(25(34)31-21-11-5-2-6-12-21)16-17-33(23(20)22)26(24,35)15-14-19-8-3-1-4-9-19/h1-13,24,35H,14-18H2,(H,31,34). The van der Waals surface area contributed by atoms with Crippen LogP contribution < -0.4 is 10.2 Å². The number of alkyl halides is 3. The number of halogens is 3. The zero-order valence-corrected chi connectivity index (χ0v) is 19.0. The van der Waals surface area contributed by atoms with E-state index in [1.165, 1.54) is 11.0 Å². The predicted octanol–water partition coefficient (Wildman–Crippen LogP) is 5.52. The zero-order chi connectivity index (χ0) is 24.6. The lowest BCUT2D eigenvalue weighted by molar-refractivity contribution is -0.193. The molecule has 0 saturated carbocycles. The molecular weight excluding hydrogens is 455 g/mol. The van der Waals surface area contributed by atoms with Crippen LogP contribution in [0.2, 0.25) is 0 Å². The second-order valence-electron chi connectivity index (χ2n) is 9.06. The van der Waals surface area contributed by atoms with Crippen LogP contribution in [0, 0.1) is 0 Å². The van der Waals surface area contributed by atoms with Crippen molar-refractivity contribution in [3.05, 3.63) is 95.6 Å². The number of carbonyl (C=O) groups is 1. The Morgan fingerprint density at radius 3 is 2.34 bits per heavy atom. The summed E-state index contributed by atoms with van der Waals surface area (Å²) in [7, 11) is 0. The summed E-state index contributed by atoms with van der Waals surface area (Å²) in [5.74, 6) is -2.03. The van der Waals surface area contributed by atoms with Crippen LogP contribution in [0.3, 0.4) is 0 Å². The van der Waals surface area contributed by atoms with Crippen molar-refractivity contribution in [3.63, 3.8) is 0 Å². The number of hydrogen-bond acceptors (Lipinski definition) is 3. The molecule has 35 heavy (non-hydrogen) atoms. The fourth-order valence-corrected chi connectivity index (χ4v) is 5.30. The van der Waals surface area contributed by atoms with Gasteiger partial charge in [0.2, 0.25) is 0 Å². The van der Waals surface area contributed by atoms with Crippen molar-refractivity contribution in [3.8, 4) is 0 Å². The molecule has 2 aliphatic heterocycles. The largest absolute Gasteiger partial charge is 0.400 e. The normalized spacial score (nSPS) is 21.4. The van der Waals surface area contributed by atoms with Crippen molar-refractivity contribution >= 4 is 17.4 Å². The van der Waals surface area contributed by atoms with E-state index < -0.39 is 17.8 Å². The maximum absolute atomic E-state index is 14.4. The van der Waals surface area contributed by atoms with Crippen molar-refractivity contribution < 1.29 is 23.1 Å². The lowest BCUT2D eigenvalue weighted by Gasteiger charge is -2.40. The second-order valence-corrected chi connectivity index (χ2v) is 9.06. The van der Waals surface area contributed by atoms with Gasteiger partial charge in [-0.1, -0.05) is 66.7 Å². The van der Waals surface area contributed by atoms with Crippen molar-refractivity contribution in [2.75, 3.05) is 23.3 Å². The molecule has 2 amide bonds. The van der Waals surface area contributed by atoms with Gasteiger partial charge in [-0.3, -0.25) is 0 Å². The van der Waals surface area contributed by atoms with Gasteiger partial charge in [0.25, 0.3) is 0 Å². The summed E-state index contributed by atoms with van der Waals surface area (Å²) in [5, 5.41) is 14.6. The van der Waals surface area contributed by atoms with E-state index in [0.717, 1.165) is 5.56 Å². The average molecular weight is 482 g/mol. The Balaban J connectivity index is 1.48. The lowest BCUT2D eigenvalue weighted by Crippen LogP contribution is -2.54. The molecule has 0 fully saturated rings. The van der Waals surface area contributed by atoms with Crippen LogP contribution >= 0.6 is 0 Å². The fourth-order valence-electron chi connectivity index (χ4n) is 5.30. The minimum Gasteiger partial charge on any atom is -0.370 e. The quantitative estimate of drug-likeness (QED) is 0.516. The molecule has 0 spiro atoms. The molecular formula is C27H26F3N3O2. The van der Waals surface area contributed by atoms with Gasteiger partial charge in [0.1, 0.15) is 5.92 Å². The van der Waals surface area contributed by atoms with Crippen LogP contribution in [-0.2, 0) is 13.0 Å². The van der Waals surface area contributed by atoms with Crippen molar-refractivity contribution in [1.29, 1.82) is 0 Å². The highest BCUT2D eigenvalue weighted by atomic mass is 19.4. The molecule has 2 N–H and O–H groups in total. The van der Waals surface area contributed by atoms with Gasteiger partial charge in [0, 0.05) is 37.4 Å². The molecule has 0 saturated heterocycles. The Morgan fingerprint density at radius 2 is 1.66 bits per heavy atom. The van der Waals surface area contributed by atoms with E-state index in [9.17, 15) is 23.1 Å². The Morgan fingerprint density at radius 1 is 0.971 bits per heavy atom. The summed E-state index contributed by atoms with van der Waals surface area (Å²) in [4.78, 5) is 16.0. The highest BCUT2D eigenvalue weighted by Crippen LogP contribution is 2.56. The SMILES string of the molecule is O=C(Nc1ccccc1)N1CCN2c3c(cccc3C(C(F)(F)F)C2(O)CCc2ccccc2)C1. The van der Waals surface area contributed by atoms with E-state index >= 15 is 0 Å². The van der Waals surface area contributed by atoms with E-state index in [0.29, 0.717) is 23.4 Å². The van der Waals surface area contributed by atoms with Gasteiger partial charge in [0.05, 0.1) is 0 Å². The van der Waals surface area contributed by atoms with Gasteiger partial charge in [-0.2, -0.15) is 13.2 Å². The molecule has 5 nitrogen and oxygen atoms in total. The summed E-state index contributed by atoms with van der Waals surface area (Å²) in [5.41, 5.74) is 0.385. The number of nitrogens with one attached hydrogen (secondary N) is 1. The fraction of sp³-hybridized carbons (Fsp3) is 0.296. The lowest BCUT2D eigenvalue weighted by atomic mass is 9.86. The number of amides is 2. The van der Waals surface area contributed by atoms with Gasteiger partial charge >= 0.3 is 12.2 Å². The number of benzene rings is 3. The highest BCUT2D eigenvalue weighted by molar-refractivity contribution is 5.89. The number of nitrogens with zero attached hydrogens (tertiary/aromatic N) is 2. The van der Waals surface area contributed by atoms with Crippen LogP contribution in [0.1, 0.15) is 29.0 Å². The van der Waals surface area contributed by atoms with Crippen molar-refractivity contribution in [1.82, 2.24) is 4.90 Å². The maximum Gasteiger partial charge on any atom is 0.400 e. The third-order valence-corrected chi connectivity index (χ3v) is 6.88. The van der Waals surface area contributed by atoms with Gasteiger partial charge < -0.3 is 20.2 Å². The average Bonchev–Trinajstić information content (AvgIpc) is 2.96. The molecule has 182 valence electrons. The highest BCUT2D eigenvalue weighted by Gasteiger charge is 2.62. The smallest absolute Gasteiger partial charge is 0.370 e. The summed E-state index contributed by atoms with van der Waals surface area (Å²) in [6.07, 6.45) is -4.43. The number of aryl methyl sites for hydroxylation is 1. The Hall–Kier alpha value is -3.52. The van der Waals surface area contributed by atoms with Crippen LogP contribution in [0.5, 0.6) is 0 Å². The summed E-state index contributed by atoms with van der Waals surface area (Å²) < 4.78 is 43.2. The predicted molar refractivity (Wildman–Crippen MR) is 128 cm³/mol. The molecule has 0 radical (unpaired) electrons. The molecule has 2 unspecified atom stereocenters. The molecule has 2 aliphatic rings. The molecule has 2 atom stereocenters. The molecule has 3 aromatic carbocycles. The first-order chi connectivity index (χ1) is 16.8. The molecule has 5 rings (SSSR count). The first kappa shape index (κ1) is 23.2. The van der Waals surface area contributed by atoms with Crippen LogP contribution in [0.25, 0.3) is 0 Å². The number of anilines is 2. The minimum atomic E-state index is -4.63. The second kappa shape index (κ2) is 8.92. The van der Waals surface area contributed by atoms with E-state index in [1.807, 2.05) is 48.5 Å². The van der Waals surface area contributed by atoms with E-state index in [-0.39, 0.29) is 37.6 Å². The summed E-state index contributed by atoms with van der Waals surface area (Å²) in [6, 6.07) is 22.6. The van der Waals surface area contributed by atoms with E-state index in [1.54, 1.807) is 29.2 Å². The Bertz CT molecular complexity index is 1200. The van der Waals surface area contributed by atoms with Crippen molar-refractivity contribution in [2.45, 2.75) is 37.2 Å². The Labute approximate surface area is 201 Å². The maximum atomic E-state index is 14.4. The molecule has 0 aliphatic carbocycles. The molecule has 0 bridgehead atoms. The Kier molecular flexibility index (Phi) is 5.92. The molecule has 8 heteroatoms. The van der Waals surface area contributed by atoms with Crippen LogP contribution in [0.15, 0.2) is 78.9 Å². The first-order valence-corrected chi connectivity index (χ1v) is 11.6. The van der Waals surface area contributed by atoms with Gasteiger partial charge in [-0.25, -0.2) is 4.79 Å². The zero-order valence-electron chi connectivity index (χ0n) is 19.0. The van der Waals surface area contributed by atoms with Gasteiger partial charge in [0.15, 0.2) is 5.72 Å². The molecule has 0 aromatic heterocycles. The number of carbonyl (C=O) groups excluding carboxylic acids is 1. The monoisotopic (exact) mass is 481 g/mol. The van der Waals surface area contributed by atoms with Crippen LogP contribution in [0.4, 0.5) is 29.3 Å². The number of aliphatic hydroxyl groups is 1. The van der Waals surface area contributed by atoms with Crippen molar-refractivity contribution in [2.24, 2.45) is 0 Å². The van der Waals surface area contributed by atoms with Gasteiger partial charge in [-0.05, 0) is 35.2 Å². The summed E-state index contributed by atoms with van der Waals surface area (Å²) in [6.45, 7) is 0.410. The van der Waals surface area contributed by atoms with Gasteiger partial charge in [-0.15, -0.1) is 0 Å². The number of rotatable bonds is 4. The van der Waals surface area contributed by atoms with E-state index in [4.69, 9.17) is 0 Å². The third-order valence-electron chi connectivity index (χ3n) is 6.88. The number of urea groups is 1. The number of hydrogen-bond donors (Lipinski definition) is 2. The number of para-hydroxylation sites is 2.